The Bertz CT molecular complexity index is 779. The molecule has 2 saturated heterocycles. The Morgan fingerprint density at radius 2 is 1.85 bits per heavy atom. The minimum atomic E-state index is -1.06. The average molecular weight is 376 g/mol. The second-order valence-electron chi connectivity index (χ2n) is 7.04. The highest BCUT2D eigenvalue weighted by Gasteiger charge is 2.64. The Morgan fingerprint density at radius 1 is 1.23 bits per heavy atom. The molecule has 1 aromatic carbocycles. The van der Waals surface area contributed by atoms with E-state index in [2.05, 4.69) is 5.32 Å². The lowest BCUT2D eigenvalue weighted by Crippen LogP contribution is -2.71. The van der Waals surface area contributed by atoms with Gasteiger partial charge in [0.2, 0.25) is 11.8 Å². The lowest BCUT2D eigenvalue weighted by Gasteiger charge is -2.43. The lowest BCUT2D eigenvalue weighted by molar-refractivity contribution is -0.161. The van der Waals surface area contributed by atoms with Crippen molar-refractivity contribution >= 4 is 35.3 Å². The maximum absolute atomic E-state index is 12.7. The Balaban J connectivity index is 1.78. The van der Waals surface area contributed by atoms with Crippen LogP contribution >= 0.6 is 11.8 Å². The van der Waals surface area contributed by atoms with Gasteiger partial charge in [-0.25, -0.2) is 4.79 Å². The maximum atomic E-state index is 12.7. The second kappa shape index (κ2) is 6.42. The number of carbonyl (C=O) groups excluding carboxylic acids is 3. The number of carboxylic acids is 1. The van der Waals surface area contributed by atoms with Crippen LogP contribution in [0.3, 0.4) is 0 Å². The third kappa shape index (κ3) is 2.88. The normalized spacial score (nSPS) is 27.3. The van der Waals surface area contributed by atoms with Gasteiger partial charge in [0.25, 0.3) is 0 Å². The molecule has 4 atom stereocenters. The van der Waals surface area contributed by atoms with Crippen molar-refractivity contribution in [1.82, 2.24) is 10.2 Å². The molecule has 0 aromatic heterocycles. The second-order valence-corrected chi connectivity index (χ2v) is 8.81. The number of aliphatic carboxylic acids is 1. The molecular weight excluding hydrogens is 356 g/mol. The number of hydrogen-bond acceptors (Lipinski definition) is 5. The molecule has 7 nitrogen and oxygen atoms in total. The topological polar surface area (TPSA) is 104 Å². The first-order chi connectivity index (χ1) is 12.1. The van der Waals surface area contributed by atoms with Gasteiger partial charge in [-0.3, -0.25) is 14.4 Å². The summed E-state index contributed by atoms with van der Waals surface area (Å²) in [5, 5.41) is 11.6. The highest BCUT2D eigenvalue weighted by molar-refractivity contribution is 8.01. The van der Waals surface area contributed by atoms with Crippen molar-refractivity contribution in [3.05, 3.63) is 35.9 Å². The van der Waals surface area contributed by atoms with Gasteiger partial charge in [-0.2, -0.15) is 0 Å². The van der Waals surface area contributed by atoms with E-state index < -0.39 is 45.9 Å². The first-order valence-corrected chi connectivity index (χ1v) is 9.11. The van der Waals surface area contributed by atoms with E-state index in [1.165, 1.54) is 23.6 Å². The third-order valence-electron chi connectivity index (χ3n) is 4.77. The predicted molar refractivity (Wildman–Crippen MR) is 95.5 cm³/mol. The van der Waals surface area contributed by atoms with E-state index in [-0.39, 0.29) is 5.78 Å². The van der Waals surface area contributed by atoms with Crippen molar-refractivity contribution in [2.24, 2.45) is 0 Å². The van der Waals surface area contributed by atoms with Crippen molar-refractivity contribution in [3.63, 3.8) is 0 Å². The van der Waals surface area contributed by atoms with E-state index in [1.807, 2.05) is 0 Å². The standard InChI is InChI=1S/C18H20N2O5S/c1-9(21)11(10-7-5-4-6-8-10)14(22)19-12-15(23)20-13(17(24)25)18(2,3)26-16(12)20/h4-8,11-13,16H,1-3H3,(H,19,22)(H,24,25)/t11-,12+,13-,16+/m0/s1. The SMILES string of the molecule is CC(=O)[C@H](C(=O)N[C@@H]1C(=O)N2[C@@H]1SC(C)(C)[C@@H]2C(=O)O)c1ccccc1. The van der Waals surface area contributed by atoms with Gasteiger partial charge in [0, 0.05) is 4.75 Å². The van der Waals surface area contributed by atoms with Crippen LogP contribution in [0.1, 0.15) is 32.3 Å². The molecule has 2 heterocycles. The highest BCUT2D eigenvalue weighted by atomic mass is 32.2. The number of rotatable bonds is 5. The zero-order valence-electron chi connectivity index (χ0n) is 14.6. The van der Waals surface area contributed by atoms with Crippen LogP contribution in [0.4, 0.5) is 0 Å². The van der Waals surface area contributed by atoms with Crippen LogP contribution in [0.15, 0.2) is 30.3 Å². The molecular formula is C18H20N2O5S. The summed E-state index contributed by atoms with van der Waals surface area (Å²) < 4.78 is -0.662. The summed E-state index contributed by atoms with van der Waals surface area (Å²) in [6.07, 6.45) is 0. The summed E-state index contributed by atoms with van der Waals surface area (Å²) in [5.74, 6) is -3.34. The number of carbonyl (C=O) groups is 4. The largest absolute Gasteiger partial charge is 0.480 e. The molecule has 26 heavy (non-hydrogen) atoms. The van der Waals surface area contributed by atoms with E-state index in [4.69, 9.17) is 0 Å². The van der Waals surface area contributed by atoms with Crippen LogP contribution in [0.25, 0.3) is 0 Å². The minimum Gasteiger partial charge on any atom is -0.480 e. The molecule has 2 N–H and O–H groups in total. The monoisotopic (exact) mass is 376 g/mol. The Labute approximate surface area is 155 Å². The third-order valence-corrected chi connectivity index (χ3v) is 6.35. The number of nitrogens with one attached hydrogen (secondary N) is 1. The Hall–Kier alpha value is -2.35. The molecule has 0 saturated carbocycles. The fourth-order valence-electron chi connectivity index (χ4n) is 3.60. The number of β-lactam (4-membered cyclic amide) rings is 1. The fraction of sp³-hybridized carbons (Fsp3) is 0.444. The lowest BCUT2D eigenvalue weighted by atomic mass is 9.92. The summed E-state index contributed by atoms with van der Waals surface area (Å²) in [6, 6.07) is 6.89. The number of hydrogen-bond donors (Lipinski definition) is 2. The number of fused-ring (bicyclic) bond motifs is 1. The molecule has 138 valence electrons. The average Bonchev–Trinajstić information content (AvgIpc) is 2.82. The summed E-state index contributed by atoms with van der Waals surface area (Å²) in [6.45, 7) is 4.87. The molecule has 0 aliphatic carbocycles. The van der Waals surface area contributed by atoms with Crippen LogP contribution in [0, 0.1) is 0 Å². The Kier molecular flexibility index (Phi) is 4.56. The van der Waals surface area contributed by atoms with E-state index in [9.17, 15) is 24.3 Å². The van der Waals surface area contributed by atoms with Crippen molar-refractivity contribution in [2.75, 3.05) is 0 Å². The molecule has 2 aliphatic heterocycles. The van der Waals surface area contributed by atoms with Gasteiger partial charge in [-0.15, -0.1) is 11.8 Å². The van der Waals surface area contributed by atoms with Gasteiger partial charge in [0.15, 0.2) is 0 Å². The summed E-state index contributed by atoms with van der Waals surface area (Å²) >= 11 is 1.35. The Morgan fingerprint density at radius 3 is 2.38 bits per heavy atom. The van der Waals surface area contributed by atoms with Crippen molar-refractivity contribution in [3.8, 4) is 0 Å². The predicted octanol–water partition coefficient (Wildman–Crippen LogP) is 0.991. The van der Waals surface area contributed by atoms with Gasteiger partial charge < -0.3 is 15.3 Å². The number of benzene rings is 1. The van der Waals surface area contributed by atoms with E-state index in [1.54, 1.807) is 44.2 Å². The van der Waals surface area contributed by atoms with E-state index in [0.717, 1.165) is 0 Å². The number of thioether (sulfide) groups is 1. The minimum absolute atomic E-state index is 0.319. The number of nitrogens with zero attached hydrogens (tertiary/aromatic N) is 1. The van der Waals surface area contributed by atoms with Gasteiger partial charge in [-0.1, -0.05) is 30.3 Å². The van der Waals surface area contributed by atoms with E-state index in [0.29, 0.717) is 5.56 Å². The number of Topliss-reactive ketones (excluding diaryl/α,β-unsaturated/α-hetero) is 1. The molecule has 0 unspecified atom stereocenters. The molecule has 2 amide bonds. The van der Waals surface area contributed by atoms with Gasteiger partial charge in [0.05, 0.1) is 0 Å². The fourth-order valence-corrected chi connectivity index (χ4v) is 5.22. The quantitative estimate of drug-likeness (QED) is 0.587. The van der Waals surface area contributed by atoms with Gasteiger partial charge in [0.1, 0.15) is 29.2 Å². The first kappa shape index (κ1) is 18.4. The summed E-state index contributed by atoms with van der Waals surface area (Å²) in [4.78, 5) is 50.0. The molecule has 2 fully saturated rings. The van der Waals surface area contributed by atoms with Gasteiger partial charge >= 0.3 is 5.97 Å². The molecule has 0 bridgehead atoms. The molecule has 3 rings (SSSR count). The molecule has 0 spiro atoms. The highest BCUT2D eigenvalue weighted by Crippen LogP contribution is 2.50. The van der Waals surface area contributed by atoms with Crippen molar-refractivity contribution in [2.45, 2.75) is 48.9 Å². The van der Waals surface area contributed by atoms with Crippen LogP contribution in [-0.4, -0.2) is 55.8 Å². The zero-order valence-corrected chi connectivity index (χ0v) is 15.4. The molecule has 1 aromatic rings. The number of amides is 2. The van der Waals surface area contributed by atoms with E-state index >= 15 is 0 Å². The van der Waals surface area contributed by atoms with Crippen LogP contribution in [0.5, 0.6) is 0 Å². The van der Waals surface area contributed by atoms with Crippen LogP contribution in [0.2, 0.25) is 0 Å². The van der Waals surface area contributed by atoms with Crippen LogP contribution < -0.4 is 5.32 Å². The molecule has 2 aliphatic rings. The summed E-state index contributed by atoms with van der Waals surface area (Å²) in [7, 11) is 0. The number of carboxylic acid groups (broad SMARTS) is 1. The summed E-state index contributed by atoms with van der Waals surface area (Å²) in [5.41, 5.74) is 0.559. The number of ketones is 1. The maximum Gasteiger partial charge on any atom is 0.327 e. The smallest absolute Gasteiger partial charge is 0.327 e. The van der Waals surface area contributed by atoms with Crippen LogP contribution in [-0.2, 0) is 19.2 Å². The molecule has 8 heteroatoms. The molecule has 0 radical (unpaired) electrons. The van der Waals surface area contributed by atoms with Crippen molar-refractivity contribution in [1.29, 1.82) is 0 Å². The van der Waals surface area contributed by atoms with Crippen molar-refractivity contribution < 1.29 is 24.3 Å². The zero-order chi connectivity index (χ0) is 19.2. The first-order valence-electron chi connectivity index (χ1n) is 8.23. The van der Waals surface area contributed by atoms with Gasteiger partial charge in [-0.05, 0) is 26.3 Å².